The molecule has 1 aromatic carbocycles. The van der Waals surface area contributed by atoms with Gasteiger partial charge in [0.2, 0.25) is 0 Å². The lowest BCUT2D eigenvalue weighted by molar-refractivity contribution is 0.457. The predicted molar refractivity (Wildman–Crippen MR) is 141 cm³/mol. The molecule has 0 unspecified atom stereocenters. The van der Waals surface area contributed by atoms with Gasteiger partial charge in [-0.3, -0.25) is 4.99 Å². The lowest BCUT2D eigenvalue weighted by atomic mass is 9.97. The minimum atomic E-state index is 0. The Hall–Kier alpha value is -1.83. The van der Waals surface area contributed by atoms with Gasteiger partial charge in [0, 0.05) is 38.4 Å². The number of hydrogen-bond donors (Lipinski definition) is 2. The number of aliphatic imine (C=N–C) groups is 1. The van der Waals surface area contributed by atoms with Gasteiger partial charge in [0.15, 0.2) is 5.96 Å². The molecule has 2 fully saturated rings. The Bertz CT molecular complexity index is 825. The van der Waals surface area contributed by atoms with Crippen LogP contribution in [0.15, 0.2) is 53.7 Å². The van der Waals surface area contributed by atoms with Crippen molar-refractivity contribution in [2.45, 2.75) is 52.0 Å². The summed E-state index contributed by atoms with van der Waals surface area (Å²) in [5.74, 6) is 2.07. The van der Waals surface area contributed by atoms with Crippen LogP contribution in [0, 0.1) is 12.3 Å². The van der Waals surface area contributed by atoms with E-state index in [1.807, 2.05) is 6.20 Å². The summed E-state index contributed by atoms with van der Waals surface area (Å²) in [5.41, 5.74) is 3.01. The Balaban J connectivity index is 0.00000272. The van der Waals surface area contributed by atoms with Crippen molar-refractivity contribution in [1.82, 2.24) is 15.6 Å². The average Bonchev–Trinajstić information content (AvgIpc) is 3.54. The number of aromatic nitrogens is 1. The maximum Gasteiger partial charge on any atom is 0.191 e. The van der Waals surface area contributed by atoms with Gasteiger partial charge in [0.1, 0.15) is 5.82 Å². The number of halogens is 1. The number of guanidine groups is 1. The van der Waals surface area contributed by atoms with Crippen molar-refractivity contribution in [2.24, 2.45) is 10.4 Å². The Morgan fingerprint density at radius 2 is 1.87 bits per heavy atom. The highest BCUT2D eigenvalue weighted by molar-refractivity contribution is 14.0. The number of hydrogen-bond acceptors (Lipinski definition) is 3. The third kappa shape index (κ3) is 6.82. The number of anilines is 1. The summed E-state index contributed by atoms with van der Waals surface area (Å²) in [4.78, 5) is 12.0. The molecule has 4 rings (SSSR count). The summed E-state index contributed by atoms with van der Waals surface area (Å²) in [6, 6.07) is 15.6. The molecule has 1 aromatic heterocycles. The predicted octanol–water partition coefficient (Wildman–Crippen LogP) is 4.55. The normalized spacial score (nSPS) is 18.3. The molecule has 1 aliphatic heterocycles. The second-order valence-corrected chi connectivity index (χ2v) is 8.96. The quantitative estimate of drug-likeness (QED) is 0.312. The monoisotopic (exact) mass is 533 g/mol. The molecule has 0 spiro atoms. The minimum Gasteiger partial charge on any atom is -0.357 e. The lowest BCUT2D eigenvalue weighted by Gasteiger charge is -2.34. The largest absolute Gasteiger partial charge is 0.357 e. The molecule has 168 valence electrons. The lowest BCUT2D eigenvalue weighted by Crippen LogP contribution is -2.49. The van der Waals surface area contributed by atoms with E-state index in [4.69, 9.17) is 4.99 Å². The summed E-state index contributed by atoms with van der Waals surface area (Å²) in [6.07, 6.45) is 7.88. The molecular formula is C25H36IN5. The third-order valence-electron chi connectivity index (χ3n) is 6.35. The van der Waals surface area contributed by atoms with Crippen LogP contribution in [0.1, 0.15) is 43.7 Å². The van der Waals surface area contributed by atoms with Gasteiger partial charge >= 0.3 is 0 Å². The van der Waals surface area contributed by atoms with E-state index in [-0.39, 0.29) is 24.0 Å². The zero-order chi connectivity index (χ0) is 20.8. The molecule has 2 N–H and O–H groups in total. The van der Waals surface area contributed by atoms with Gasteiger partial charge in [0.25, 0.3) is 0 Å². The number of nitrogens with one attached hydrogen (secondary N) is 2. The van der Waals surface area contributed by atoms with Crippen LogP contribution in [0.5, 0.6) is 0 Å². The fourth-order valence-corrected chi connectivity index (χ4v) is 4.26. The van der Waals surface area contributed by atoms with Crippen molar-refractivity contribution in [1.29, 1.82) is 0 Å². The van der Waals surface area contributed by atoms with Gasteiger partial charge in [-0.1, -0.05) is 36.4 Å². The van der Waals surface area contributed by atoms with Crippen molar-refractivity contribution in [3.05, 3.63) is 59.8 Å². The topological polar surface area (TPSA) is 52.6 Å². The van der Waals surface area contributed by atoms with Crippen molar-refractivity contribution in [3.8, 4) is 0 Å². The number of rotatable bonds is 7. The molecule has 0 radical (unpaired) electrons. The molecular weight excluding hydrogens is 497 g/mol. The summed E-state index contributed by atoms with van der Waals surface area (Å²) in [6.45, 7) is 8.09. The van der Waals surface area contributed by atoms with Crippen molar-refractivity contribution in [2.75, 3.05) is 31.1 Å². The van der Waals surface area contributed by atoms with E-state index in [9.17, 15) is 0 Å². The highest BCUT2D eigenvalue weighted by atomic mass is 127. The van der Waals surface area contributed by atoms with E-state index in [0.29, 0.717) is 11.5 Å². The third-order valence-corrected chi connectivity index (χ3v) is 6.35. The van der Waals surface area contributed by atoms with Gasteiger partial charge in [-0.05, 0) is 68.6 Å². The molecule has 1 aliphatic carbocycles. The van der Waals surface area contributed by atoms with Crippen molar-refractivity contribution in [3.63, 3.8) is 0 Å². The van der Waals surface area contributed by atoms with Crippen LogP contribution in [0.3, 0.4) is 0 Å². The van der Waals surface area contributed by atoms with Gasteiger partial charge < -0.3 is 15.5 Å². The summed E-state index contributed by atoms with van der Waals surface area (Å²) in [5, 5.41) is 7.15. The van der Waals surface area contributed by atoms with Gasteiger partial charge in [-0.2, -0.15) is 0 Å². The highest BCUT2D eigenvalue weighted by Crippen LogP contribution is 2.48. The maximum atomic E-state index is 4.99. The summed E-state index contributed by atoms with van der Waals surface area (Å²) >= 11 is 0. The molecule has 1 saturated heterocycles. The van der Waals surface area contributed by atoms with Crippen molar-refractivity contribution >= 4 is 35.8 Å². The van der Waals surface area contributed by atoms with E-state index in [2.05, 4.69) is 76.8 Å². The average molecular weight is 534 g/mol. The number of nitrogens with zero attached hydrogens (tertiary/aromatic N) is 3. The first-order valence-corrected chi connectivity index (χ1v) is 11.4. The molecule has 2 aromatic rings. The summed E-state index contributed by atoms with van der Waals surface area (Å²) in [7, 11) is 0. The van der Waals surface area contributed by atoms with Crippen LogP contribution in [0.2, 0.25) is 0 Å². The highest BCUT2D eigenvalue weighted by Gasteiger charge is 2.42. The first-order chi connectivity index (χ1) is 14.7. The smallest absolute Gasteiger partial charge is 0.191 e. The van der Waals surface area contributed by atoms with E-state index >= 15 is 0 Å². The first-order valence-electron chi connectivity index (χ1n) is 11.4. The van der Waals surface area contributed by atoms with Crippen LogP contribution in [-0.4, -0.2) is 43.2 Å². The van der Waals surface area contributed by atoms with Crippen LogP contribution in [0.25, 0.3) is 0 Å². The Kier molecular flexibility index (Phi) is 8.58. The maximum absolute atomic E-state index is 4.99. The fraction of sp³-hybridized carbons (Fsp3) is 0.520. The van der Waals surface area contributed by atoms with Gasteiger partial charge in [-0.15, -0.1) is 24.0 Å². The summed E-state index contributed by atoms with van der Waals surface area (Å²) < 4.78 is 0. The molecule has 0 atom stereocenters. The zero-order valence-electron chi connectivity index (χ0n) is 18.8. The number of pyridine rings is 1. The van der Waals surface area contributed by atoms with Gasteiger partial charge in [-0.25, -0.2) is 4.98 Å². The molecule has 2 heterocycles. The number of benzene rings is 1. The van der Waals surface area contributed by atoms with Crippen LogP contribution < -0.4 is 15.5 Å². The minimum absolute atomic E-state index is 0. The second-order valence-electron chi connectivity index (χ2n) is 8.96. The Morgan fingerprint density at radius 1 is 1.13 bits per heavy atom. The number of aryl methyl sites for hydroxylation is 1. The molecule has 0 amide bonds. The standard InChI is InChI=1S/C25H35N5.HI/c1-3-26-24(28-19-25(13-14-25)17-21-7-5-4-6-8-21)29-22-11-15-30(16-12-22)23-10-9-20(2)18-27-23;/h4-10,18,22H,3,11-17,19H2,1-2H3,(H2,26,28,29);1H. The van der Waals surface area contributed by atoms with Crippen LogP contribution >= 0.6 is 24.0 Å². The zero-order valence-corrected chi connectivity index (χ0v) is 21.1. The second kappa shape index (κ2) is 11.2. The van der Waals surface area contributed by atoms with E-state index < -0.39 is 0 Å². The Morgan fingerprint density at radius 3 is 2.48 bits per heavy atom. The van der Waals surface area contributed by atoms with Crippen LogP contribution in [0.4, 0.5) is 5.82 Å². The first kappa shape index (κ1) is 23.8. The molecule has 1 saturated carbocycles. The molecule has 6 heteroatoms. The SMILES string of the molecule is CCNC(=NCC1(Cc2ccccc2)CC1)NC1CCN(c2ccc(C)cn2)CC1.I. The Labute approximate surface area is 204 Å². The van der Waals surface area contributed by atoms with Crippen LogP contribution in [-0.2, 0) is 6.42 Å². The molecule has 5 nitrogen and oxygen atoms in total. The number of piperidine rings is 1. The van der Waals surface area contributed by atoms with Gasteiger partial charge in [0.05, 0.1) is 0 Å². The van der Waals surface area contributed by atoms with E-state index in [0.717, 1.165) is 57.2 Å². The fourth-order valence-electron chi connectivity index (χ4n) is 4.26. The van der Waals surface area contributed by atoms with E-state index in [1.54, 1.807) is 0 Å². The van der Waals surface area contributed by atoms with Crippen molar-refractivity contribution < 1.29 is 0 Å². The molecule has 0 bridgehead atoms. The molecule has 31 heavy (non-hydrogen) atoms. The molecule has 2 aliphatic rings. The van der Waals surface area contributed by atoms with E-state index in [1.165, 1.54) is 24.0 Å².